The van der Waals surface area contributed by atoms with Gasteiger partial charge in [-0.25, -0.2) is 4.99 Å². The van der Waals surface area contributed by atoms with Gasteiger partial charge in [0.15, 0.2) is 0 Å². The third-order valence-corrected chi connectivity index (χ3v) is 3.15. The van der Waals surface area contributed by atoms with Gasteiger partial charge in [0.1, 0.15) is 16.9 Å². The van der Waals surface area contributed by atoms with E-state index in [2.05, 4.69) is 18.7 Å². The van der Waals surface area contributed by atoms with Crippen LogP contribution in [0.1, 0.15) is 52.7 Å². The third kappa shape index (κ3) is 6.40. The highest BCUT2D eigenvalue weighted by atomic mass is 32.1. The first-order valence-corrected chi connectivity index (χ1v) is 8.92. The molecule has 0 radical (unpaired) electrons. The molecule has 23 heavy (non-hydrogen) atoms. The Morgan fingerprint density at radius 3 is 2.39 bits per heavy atom. The Bertz CT molecular complexity index is 654. The Kier molecular flexibility index (Phi) is 11.6. The predicted molar refractivity (Wildman–Crippen MR) is 105 cm³/mol. The molecule has 126 valence electrons. The molecule has 1 aromatic carbocycles. The van der Waals surface area contributed by atoms with Crippen LogP contribution in [0.15, 0.2) is 34.3 Å². The zero-order chi connectivity index (χ0) is 17.7. The maximum absolute atomic E-state index is 4.41. The summed E-state index contributed by atoms with van der Waals surface area (Å²) in [5.74, 6) is 0.724. The zero-order valence-electron chi connectivity index (χ0n) is 15.3. The Morgan fingerprint density at radius 1 is 1.13 bits per heavy atom. The van der Waals surface area contributed by atoms with Gasteiger partial charge < -0.3 is 0 Å². The molecule has 0 aliphatic heterocycles. The van der Waals surface area contributed by atoms with Gasteiger partial charge in [0.25, 0.3) is 0 Å². The third-order valence-electron chi connectivity index (χ3n) is 2.62. The monoisotopic (exact) mass is 332 g/mol. The van der Waals surface area contributed by atoms with Gasteiger partial charge >= 0.3 is 0 Å². The van der Waals surface area contributed by atoms with Crippen molar-refractivity contribution < 1.29 is 0 Å². The van der Waals surface area contributed by atoms with Crippen LogP contribution < -0.4 is 0 Å². The lowest BCUT2D eigenvalue weighted by atomic mass is 10.1. The molecule has 0 aliphatic rings. The van der Waals surface area contributed by atoms with E-state index >= 15 is 0 Å². The Morgan fingerprint density at radius 2 is 1.78 bits per heavy atom. The molecule has 2 aromatic rings. The highest BCUT2D eigenvalue weighted by Crippen LogP contribution is 2.19. The summed E-state index contributed by atoms with van der Waals surface area (Å²) in [6, 6.07) is 4.05. The molecule has 2 rings (SSSR count). The van der Waals surface area contributed by atoms with E-state index in [0.29, 0.717) is 0 Å². The summed E-state index contributed by atoms with van der Waals surface area (Å²) < 4.78 is 8.63. The second kappa shape index (κ2) is 12.6. The van der Waals surface area contributed by atoms with Crippen molar-refractivity contribution in [2.24, 2.45) is 9.98 Å². The average Bonchev–Trinajstić information content (AvgIpc) is 3.09. The molecule has 0 saturated carbocycles. The molecule has 0 amide bonds. The van der Waals surface area contributed by atoms with Crippen molar-refractivity contribution in [3.05, 3.63) is 35.4 Å². The molecule has 0 N–H and O–H groups in total. The maximum atomic E-state index is 4.41. The Hall–Kier alpha value is -1.88. The average molecular weight is 333 g/mol. The smallest absolute Gasteiger partial charge is 0.146 e. The quantitative estimate of drug-likeness (QED) is 0.553. The molecule has 0 bridgehead atoms. The molecule has 1 aromatic heterocycles. The Labute approximate surface area is 144 Å². The maximum Gasteiger partial charge on any atom is 0.146 e. The van der Waals surface area contributed by atoms with E-state index in [1.165, 1.54) is 11.7 Å². The second-order valence-corrected chi connectivity index (χ2v) is 4.55. The number of aromatic nitrogens is 2. The first kappa shape index (κ1) is 21.1. The number of amidine groups is 1. The van der Waals surface area contributed by atoms with E-state index in [4.69, 9.17) is 0 Å². The van der Waals surface area contributed by atoms with Crippen LogP contribution >= 0.6 is 11.7 Å². The van der Waals surface area contributed by atoms with Crippen molar-refractivity contribution in [3.8, 4) is 0 Å². The van der Waals surface area contributed by atoms with Crippen molar-refractivity contribution in [2.75, 3.05) is 6.54 Å². The minimum absolute atomic E-state index is 0.721. The topological polar surface area (TPSA) is 50.5 Å². The summed E-state index contributed by atoms with van der Waals surface area (Å²) in [4.78, 5) is 8.72. The van der Waals surface area contributed by atoms with Crippen LogP contribution in [-0.4, -0.2) is 27.3 Å². The summed E-state index contributed by atoms with van der Waals surface area (Å²) in [7, 11) is 0. The highest BCUT2D eigenvalue weighted by molar-refractivity contribution is 7.00. The lowest BCUT2D eigenvalue weighted by Crippen LogP contribution is -1.93. The van der Waals surface area contributed by atoms with Crippen molar-refractivity contribution in [1.29, 1.82) is 0 Å². The first-order valence-electron chi connectivity index (χ1n) is 8.19. The zero-order valence-corrected chi connectivity index (χ0v) is 16.1. The molecule has 0 fully saturated rings. The lowest BCUT2D eigenvalue weighted by Gasteiger charge is -1.98. The second-order valence-electron chi connectivity index (χ2n) is 4.02. The minimum Gasteiger partial charge on any atom is -0.267 e. The SMILES string of the molecule is C/C=C\C(N=Cc1ccc(C)c2nsnc12)=NCC.CC.CC. The minimum atomic E-state index is 0.721. The molecular weight excluding hydrogens is 304 g/mol. The largest absolute Gasteiger partial charge is 0.267 e. The molecule has 1 heterocycles. The summed E-state index contributed by atoms with van der Waals surface area (Å²) in [6.45, 7) is 14.7. The van der Waals surface area contributed by atoms with Gasteiger partial charge in [-0.2, -0.15) is 8.75 Å². The van der Waals surface area contributed by atoms with Crippen LogP contribution in [0, 0.1) is 6.92 Å². The lowest BCUT2D eigenvalue weighted by molar-refractivity contribution is 1.12. The van der Waals surface area contributed by atoms with Gasteiger partial charge in [0, 0.05) is 18.3 Å². The molecule has 0 spiro atoms. The van der Waals surface area contributed by atoms with Gasteiger partial charge in [-0.15, -0.1) is 0 Å². The van der Waals surface area contributed by atoms with E-state index in [-0.39, 0.29) is 0 Å². The van der Waals surface area contributed by atoms with Gasteiger partial charge in [-0.05, 0) is 32.4 Å². The van der Waals surface area contributed by atoms with Crippen molar-refractivity contribution in [2.45, 2.75) is 48.5 Å². The number of hydrogen-bond acceptors (Lipinski definition) is 4. The number of fused-ring (bicyclic) bond motifs is 1. The van der Waals surface area contributed by atoms with E-state index in [9.17, 15) is 0 Å². The van der Waals surface area contributed by atoms with Gasteiger partial charge in [-0.3, -0.25) is 4.99 Å². The number of allylic oxidation sites excluding steroid dienone is 1. The Balaban J connectivity index is 0.00000112. The fourth-order valence-corrected chi connectivity index (χ4v) is 2.32. The molecule has 0 unspecified atom stereocenters. The summed E-state index contributed by atoms with van der Waals surface area (Å²) in [5.41, 5.74) is 3.97. The van der Waals surface area contributed by atoms with Crippen molar-refractivity contribution in [3.63, 3.8) is 0 Å². The fraction of sp³-hybridized carbons (Fsp3) is 0.444. The number of rotatable bonds is 3. The molecular formula is C18H28N4S. The number of aryl methyl sites for hydroxylation is 1. The van der Waals surface area contributed by atoms with E-state index in [1.807, 2.05) is 72.8 Å². The van der Waals surface area contributed by atoms with Crippen LogP contribution in [0.4, 0.5) is 0 Å². The van der Waals surface area contributed by atoms with Gasteiger partial charge in [-0.1, -0.05) is 45.9 Å². The van der Waals surface area contributed by atoms with Crippen LogP contribution in [0.2, 0.25) is 0 Å². The fourth-order valence-electron chi connectivity index (χ4n) is 1.70. The number of aliphatic imine (C=N–C) groups is 2. The summed E-state index contributed by atoms with van der Waals surface area (Å²) in [5, 5.41) is 0. The van der Waals surface area contributed by atoms with Crippen molar-refractivity contribution >= 4 is 34.8 Å². The predicted octanol–water partition coefficient (Wildman–Crippen LogP) is 5.47. The van der Waals surface area contributed by atoms with Crippen molar-refractivity contribution in [1.82, 2.24) is 8.75 Å². The van der Waals surface area contributed by atoms with Crippen LogP contribution in [0.3, 0.4) is 0 Å². The van der Waals surface area contributed by atoms with Crippen LogP contribution in [-0.2, 0) is 0 Å². The molecule has 0 aliphatic carbocycles. The molecule has 0 atom stereocenters. The molecule has 4 nitrogen and oxygen atoms in total. The summed E-state index contributed by atoms with van der Waals surface area (Å²) >= 11 is 1.23. The highest BCUT2D eigenvalue weighted by Gasteiger charge is 2.06. The number of nitrogens with zero attached hydrogens (tertiary/aromatic N) is 4. The normalized spacial score (nSPS) is 11.3. The van der Waals surface area contributed by atoms with E-state index in [0.717, 1.165) is 34.5 Å². The van der Waals surface area contributed by atoms with Gasteiger partial charge in [0.2, 0.25) is 0 Å². The number of hydrogen-bond donors (Lipinski definition) is 0. The molecule has 0 saturated heterocycles. The summed E-state index contributed by atoms with van der Waals surface area (Å²) in [6.07, 6.45) is 5.63. The van der Waals surface area contributed by atoms with E-state index < -0.39 is 0 Å². The van der Waals surface area contributed by atoms with Crippen LogP contribution in [0.5, 0.6) is 0 Å². The number of benzene rings is 1. The standard InChI is InChI=1S/C14H16N4S.2C2H6/c1-4-6-12(15-5-2)16-9-11-8-7-10(3)13-14(11)18-19-17-13;2*1-2/h4,6-9H,5H2,1-3H3;2*1-2H3/b6-4-,15-12?,16-9?;;. The van der Waals surface area contributed by atoms with Crippen LogP contribution in [0.25, 0.3) is 11.0 Å². The van der Waals surface area contributed by atoms with E-state index in [1.54, 1.807) is 6.21 Å². The first-order chi connectivity index (χ1) is 11.3. The molecule has 5 heteroatoms. The van der Waals surface area contributed by atoms with Gasteiger partial charge in [0.05, 0.1) is 11.7 Å².